The number of hydrogen-bond acceptors (Lipinski definition) is 7. The fraction of sp³-hybridized carbons (Fsp3) is 0.222. The Kier molecular flexibility index (Phi) is 3.16. The van der Waals surface area contributed by atoms with Gasteiger partial charge in [-0.1, -0.05) is 11.3 Å². The number of aromatic amines is 1. The molecule has 3 rings (SSSR count). The molecule has 104 valence electrons. The van der Waals surface area contributed by atoms with Crippen LogP contribution in [0.1, 0.15) is 18.8 Å². The van der Waals surface area contributed by atoms with Crippen molar-refractivity contribution in [2.24, 2.45) is 8.73 Å². The second-order valence-electron chi connectivity index (χ2n) is 4.00. The van der Waals surface area contributed by atoms with Gasteiger partial charge in [0.25, 0.3) is 0 Å². The number of nitrogens with one attached hydrogen (secondary N) is 2. The molecule has 0 spiro atoms. The van der Waals surface area contributed by atoms with E-state index in [1.807, 2.05) is 0 Å². The molecule has 1 aromatic carbocycles. The SMILES string of the molecule is CC(NS(=O)(=O)c1cccc2c1N=S=N2)c1nn[nH]n1. The van der Waals surface area contributed by atoms with Gasteiger partial charge in [-0.05, 0) is 19.1 Å². The van der Waals surface area contributed by atoms with Crippen LogP contribution in [0.5, 0.6) is 0 Å². The van der Waals surface area contributed by atoms with E-state index in [0.717, 1.165) is 11.4 Å². The molecule has 1 atom stereocenters. The van der Waals surface area contributed by atoms with E-state index in [1.165, 1.54) is 6.07 Å². The van der Waals surface area contributed by atoms with Gasteiger partial charge in [-0.15, -0.1) is 10.2 Å². The molecule has 11 heteroatoms. The minimum absolute atomic E-state index is 0.0825. The molecule has 0 saturated heterocycles. The number of tetrazole rings is 1. The van der Waals surface area contributed by atoms with Crippen molar-refractivity contribution >= 4 is 32.8 Å². The highest BCUT2D eigenvalue weighted by Crippen LogP contribution is 2.37. The lowest BCUT2D eigenvalue weighted by Gasteiger charge is -2.12. The number of fused-ring (bicyclic) bond motifs is 1. The van der Waals surface area contributed by atoms with Crippen LogP contribution in [0.2, 0.25) is 0 Å². The molecule has 9 nitrogen and oxygen atoms in total. The van der Waals surface area contributed by atoms with Gasteiger partial charge in [0.2, 0.25) is 10.0 Å². The summed E-state index contributed by atoms with van der Waals surface area (Å²) in [5.74, 6) is 0.261. The highest BCUT2D eigenvalue weighted by atomic mass is 32.2. The van der Waals surface area contributed by atoms with Gasteiger partial charge in [-0.25, -0.2) is 13.1 Å². The predicted molar refractivity (Wildman–Crippen MR) is 70.9 cm³/mol. The highest BCUT2D eigenvalue weighted by molar-refractivity contribution is 7.89. The third kappa shape index (κ3) is 2.26. The minimum atomic E-state index is -3.75. The van der Waals surface area contributed by atoms with E-state index in [2.05, 4.69) is 34.1 Å². The Morgan fingerprint density at radius 1 is 1.35 bits per heavy atom. The molecule has 0 saturated carbocycles. The zero-order chi connectivity index (χ0) is 14.2. The van der Waals surface area contributed by atoms with Crippen molar-refractivity contribution in [1.82, 2.24) is 25.3 Å². The van der Waals surface area contributed by atoms with Crippen LogP contribution in [0, 0.1) is 0 Å². The van der Waals surface area contributed by atoms with Crippen molar-refractivity contribution < 1.29 is 8.42 Å². The molecule has 0 amide bonds. The van der Waals surface area contributed by atoms with E-state index in [0.29, 0.717) is 11.4 Å². The maximum absolute atomic E-state index is 12.4. The second kappa shape index (κ2) is 4.85. The summed E-state index contributed by atoms with van der Waals surface area (Å²) in [6.07, 6.45) is 0. The molecule has 0 aliphatic carbocycles. The molecule has 1 unspecified atom stereocenters. The first kappa shape index (κ1) is 13.0. The summed E-state index contributed by atoms with van der Waals surface area (Å²) in [4.78, 5) is 0.0825. The fourth-order valence-electron chi connectivity index (χ4n) is 1.70. The minimum Gasteiger partial charge on any atom is -0.207 e. The average molecular weight is 311 g/mol. The Bertz CT molecular complexity index is 809. The van der Waals surface area contributed by atoms with Crippen LogP contribution in [0.25, 0.3) is 0 Å². The zero-order valence-electron chi connectivity index (χ0n) is 10.2. The molecular formula is C9H9N7O2S2. The number of nitrogens with zero attached hydrogens (tertiary/aromatic N) is 5. The Balaban J connectivity index is 1.94. The Hall–Kier alpha value is -1.98. The molecule has 0 fully saturated rings. The molecule has 0 radical (unpaired) electrons. The summed E-state index contributed by atoms with van der Waals surface area (Å²) in [5, 5.41) is 13.2. The smallest absolute Gasteiger partial charge is 0.207 e. The van der Waals surface area contributed by atoms with Gasteiger partial charge in [0, 0.05) is 0 Å². The molecular weight excluding hydrogens is 302 g/mol. The summed E-state index contributed by atoms with van der Waals surface area (Å²) < 4.78 is 35.3. The summed E-state index contributed by atoms with van der Waals surface area (Å²) >= 11 is 0.968. The largest absolute Gasteiger partial charge is 0.243 e. The maximum Gasteiger partial charge on any atom is 0.243 e. The lowest BCUT2D eigenvalue weighted by molar-refractivity contribution is 0.560. The molecule has 2 aromatic rings. The first-order valence-corrected chi connectivity index (χ1v) is 7.76. The van der Waals surface area contributed by atoms with E-state index >= 15 is 0 Å². The van der Waals surface area contributed by atoms with Crippen LogP contribution in [0.15, 0.2) is 31.8 Å². The monoisotopic (exact) mass is 311 g/mol. The zero-order valence-corrected chi connectivity index (χ0v) is 11.8. The number of benzene rings is 1. The second-order valence-corrected chi connectivity index (χ2v) is 6.21. The van der Waals surface area contributed by atoms with Crippen LogP contribution in [-0.2, 0) is 21.4 Å². The fourth-order valence-corrected chi connectivity index (χ4v) is 3.67. The topological polar surface area (TPSA) is 125 Å². The lowest BCUT2D eigenvalue weighted by Crippen LogP contribution is -2.27. The van der Waals surface area contributed by atoms with E-state index in [1.54, 1.807) is 19.1 Å². The highest BCUT2D eigenvalue weighted by Gasteiger charge is 2.25. The molecule has 1 aromatic heterocycles. The van der Waals surface area contributed by atoms with Crippen LogP contribution >= 0.6 is 0 Å². The summed E-state index contributed by atoms with van der Waals surface area (Å²) in [7, 11) is -3.75. The lowest BCUT2D eigenvalue weighted by atomic mass is 10.3. The number of H-pyrrole nitrogens is 1. The van der Waals surface area contributed by atoms with Crippen molar-refractivity contribution in [3.05, 3.63) is 24.0 Å². The Labute approximate surface area is 117 Å². The van der Waals surface area contributed by atoms with Crippen LogP contribution in [0.3, 0.4) is 0 Å². The number of rotatable bonds is 4. The molecule has 1 aliphatic heterocycles. The third-order valence-corrected chi connectivity index (χ3v) is 4.73. The van der Waals surface area contributed by atoms with Crippen molar-refractivity contribution in [2.45, 2.75) is 17.9 Å². The Morgan fingerprint density at radius 2 is 2.20 bits per heavy atom. The standard InChI is InChI=1S/C9H9N7O2S2/c1-5(9-10-15-16-11-9)14-20(17,18)7-4-2-3-6-8(7)13-19-12-6/h2-5,14H,1H3,(H,10,11,15,16). The maximum atomic E-state index is 12.4. The van der Waals surface area contributed by atoms with E-state index in [4.69, 9.17) is 0 Å². The summed E-state index contributed by atoms with van der Waals surface area (Å²) in [5.41, 5.74) is 0.899. The Morgan fingerprint density at radius 3 is 2.95 bits per heavy atom. The molecule has 2 heterocycles. The average Bonchev–Trinajstić information content (AvgIpc) is 3.08. The van der Waals surface area contributed by atoms with E-state index in [-0.39, 0.29) is 10.7 Å². The number of hydrogen-bond donors (Lipinski definition) is 2. The van der Waals surface area contributed by atoms with Crippen LogP contribution in [-0.4, -0.2) is 29.0 Å². The number of sulfonamides is 1. The molecule has 0 bridgehead atoms. The van der Waals surface area contributed by atoms with Gasteiger partial charge >= 0.3 is 0 Å². The van der Waals surface area contributed by atoms with Crippen molar-refractivity contribution in [3.8, 4) is 0 Å². The number of aromatic nitrogens is 4. The van der Waals surface area contributed by atoms with Gasteiger partial charge in [0.15, 0.2) is 5.82 Å². The van der Waals surface area contributed by atoms with Crippen molar-refractivity contribution in [2.75, 3.05) is 0 Å². The first-order valence-electron chi connectivity index (χ1n) is 5.55. The van der Waals surface area contributed by atoms with Gasteiger partial charge in [-0.3, -0.25) is 0 Å². The van der Waals surface area contributed by atoms with Gasteiger partial charge in [0.1, 0.15) is 16.3 Å². The summed E-state index contributed by atoms with van der Waals surface area (Å²) in [6, 6.07) is 4.20. The third-order valence-electron chi connectivity index (χ3n) is 2.62. The van der Waals surface area contributed by atoms with Crippen LogP contribution in [0.4, 0.5) is 11.4 Å². The predicted octanol–water partition coefficient (Wildman–Crippen LogP) is 0.966. The van der Waals surface area contributed by atoms with Gasteiger partial charge < -0.3 is 0 Å². The molecule has 1 aliphatic rings. The van der Waals surface area contributed by atoms with Gasteiger partial charge in [0.05, 0.1) is 17.4 Å². The van der Waals surface area contributed by atoms with Crippen molar-refractivity contribution in [3.63, 3.8) is 0 Å². The van der Waals surface area contributed by atoms with Gasteiger partial charge in [-0.2, -0.15) is 13.9 Å². The molecule has 2 N–H and O–H groups in total. The van der Waals surface area contributed by atoms with E-state index < -0.39 is 16.1 Å². The van der Waals surface area contributed by atoms with Crippen LogP contribution < -0.4 is 4.72 Å². The normalized spacial score (nSPS) is 14.8. The first-order chi connectivity index (χ1) is 9.58. The quantitative estimate of drug-likeness (QED) is 0.742. The van der Waals surface area contributed by atoms with Crippen molar-refractivity contribution in [1.29, 1.82) is 0 Å². The molecule has 20 heavy (non-hydrogen) atoms. The van der Waals surface area contributed by atoms with E-state index in [9.17, 15) is 8.42 Å². The summed E-state index contributed by atoms with van der Waals surface area (Å²) in [6.45, 7) is 1.63.